The van der Waals surface area contributed by atoms with Crippen LogP contribution in [0.2, 0.25) is 0 Å². The first-order chi connectivity index (χ1) is 17.5. The third-order valence-corrected chi connectivity index (χ3v) is 5.71. The molecule has 4 aromatic rings. The Morgan fingerprint density at radius 1 is 1.22 bits per heavy atom. The molecule has 1 amide bonds. The summed E-state index contributed by atoms with van der Waals surface area (Å²) in [5.74, 6) is 0.440. The summed E-state index contributed by atoms with van der Waals surface area (Å²) in [6.45, 7) is 4.75. The number of hydrogen-bond donors (Lipinski definition) is 0. The van der Waals surface area contributed by atoms with Crippen LogP contribution in [0.3, 0.4) is 0 Å². The fourth-order valence-electron chi connectivity index (χ4n) is 4.02. The molecule has 0 radical (unpaired) electrons. The Kier molecular flexibility index (Phi) is 6.23. The van der Waals surface area contributed by atoms with Gasteiger partial charge < -0.3 is 18.8 Å². The zero-order valence-electron chi connectivity index (χ0n) is 19.8. The molecule has 0 saturated heterocycles. The number of aryl methyl sites for hydroxylation is 1. The van der Waals surface area contributed by atoms with E-state index in [1.54, 1.807) is 47.2 Å². The highest BCUT2D eigenvalue weighted by Crippen LogP contribution is 2.32. The number of pyridine rings is 2. The maximum absolute atomic E-state index is 13.2. The second-order valence-corrected chi connectivity index (χ2v) is 8.49. The van der Waals surface area contributed by atoms with Crippen molar-refractivity contribution in [2.24, 2.45) is 4.99 Å². The molecule has 1 aliphatic heterocycles. The zero-order valence-corrected chi connectivity index (χ0v) is 19.8. The minimum absolute atomic E-state index is 0.0562. The first-order valence-electron chi connectivity index (χ1n) is 11.5. The Labute approximate surface area is 205 Å². The van der Waals surface area contributed by atoms with Crippen molar-refractivity contribution in [1.29, 1.82) is 5.26 Å². The van der Waals surface area contributed by atoms with Crippen molar-refractivity contribution in [1.82, 2.24) is 14.0 Å². The molecule has 1 aliphatic rings. The summed E-state index contributed by atoms with van der Waals surface area (Å²) < 4.78 is 19.4. The summed E-state index contributed by atoms with van der Waals surface area (Å²) in [5, 5.41) is 10.2. The van der Waals surface area contributed by atoms with Gasteiger partial charge in [0, 0.05) is 24.9 Å². The molecule has 4 heterocycles. The Morgan fingerprint density at radius 3 is 2.86 bits per heavy atom. The third-order valence-electron chi connectivity index (χ3n) is 5.71. The highest BCUT2D eigenvalue weighted by molar-refractivity contribution is 5.95. The standard InChI is InChI=1S/C26H23N5O5/c1-16(2)34-11-5-10-31-23(29-25(32)17-7-8-20-21(13-17)36-15-35-20)18(14-27)12-19-24(31)28-22-6-3-4-9-30(22)26(19)33/h3-4,6-9,12-13,16H,5,10-11,15H2,1-2H3. The van der Waals surface area contributed by atoms with Gasteiger partial charge in [0.1, 0.15) is 17.4 Å². The highest BCUT2D eigenvalue weighted by Gasteiger charge is 2.18. The van der Waals surface area contributed by atoms with E-state index in [2.05, 4.69) is 16.0 Å². The van der Waals surface area contributed by atoms with Gasteiger partial charge in [-0.1, -0.05) is 6.07 Å². The number of benzene rings is 1. The molecule has 0 atom stereocenters. The van der Waals surface area contributed by atoms with Crippen LogP contribution < -0.4 is 20.5 Å². The SMILES string of the molecule is CC(C)OCCCn1c(=NC(=O)c2ccc3c(c2)OCO3)c(C#N)cc2c(=O)n3ccccc3nc21. The van der Waals surface area contributed by atoms with Crippen molar-refractivity contribution in [2.75, 3.05) is 13.4 Å². The lowest BCUT2D eigenvalue weighted by molar-refractivity contribution is 0.0748. The number of nitrogens with zero attached hydrogens (tertiary/aromatic N) is 5. The van der Waals surface area contributed by atoms with Gasteiger partial charge in [-0.15, -0.1) is 0 Å². The molecule has 0 aliphatic carbocycles. The number of carbonyl (C=O) groups excluding carboxylic acids is 1. The molecule has 0 unspecified atom stereocenters. The van der Waals surface area contributed by atoms with Gasteiger partial charge in [-0.2, -0.15) is 10.3 Å². The molecule has 1 aromatic carbocycles. The van der Waals surface area contributed by atoms with Crippen LogP contribution in [0.4, 0.5) is 0 Å². The lowest BCUT2D eigenvalue weighted by atomic mass is 10.2. The number of nitriles is 1. The number of aromatic nitrogens is 3. The normalized spacial score (nSPS) is 13.0. The molecule has 36 heavy (non-hydrogen) atoms. The minimum Gasteiger partial charge on any atom is -0.454 e. The number of hydrogen-bond acceptors (Lipinski definition) is 7. The minimum atomic E-state index is -0.561. The number of amides is 1. The monoisotopic (exact) mass is 485 g/mol. The number of carbonyl (C=O) groups is 1. The van der Waals surface area contributed by atoms with E-state index in [9.17, 15) is 14.9 Å². The molecule has 0 N–H and O–H groups in total. The van der Waals surface area contributed by atoms with Crippen molar-refractivity contribution < 1.29 is 19.0 Å². The Hall–Kier alpha value is -4.49. The van der Waals surface area contributed by atoms with Crippen LogP contribution in [-0.4, -0.2) is 39.4 Å². The molecular weight excluding hydrogens is 462 g/mol. The predicted molar refractivity (Wildman–Crippen MR) is 130 cm³/mol. The van der Waals surface area contributed by atoms with E-state index in [4.69, 9.17) is 14.2 Å². The molecule has 0 saturated carbocycles. The van der Waals surface area contributed by atoms with Gasteiger partial charge in [0.25, 0.3) is 11.5 Å². The van der Waals surface area contributed by atoms with Crippen molar-refractivity contribution in [3.63, 3.8) is 0 Å². The smallest absolute Gasteiger partial charge is 0.279 e. The summed E-state index contributed by atoms with van der Waals surface area (Å²) in [4.78, 5) is 35.4. The van der Waals surface area contributed by atoms with Crippen LogP contribution >= 0.6 is 0 Å². The molecule has 0 spiro atoms. The maximum atomic E-state index is 13.2. The largest absolute Gasteiger partial charge is 0.454 e. The number of rotatable bonds is 6. The van der Waals surface area contributed by atoms with E-state index < -0.39 is 5.91 Å². The van der Waals surface area contributed by atoms with Gasteiger partial charge in [0.15, 0.2) is 17.0 Å². The first kappa shape index (κ1) is 23.3. The van der Waals surface area contributed by atoms with E-state index in [0.717, 1.165) is 0 Å². The van der Waals surface area contributed by atoms with Crippen LogP contribution in [0.25, 0.3) is 16.7 Å². The topological polar surface area (TPSA) is 120 Å². The summed E-state index contributed by atoms with van der Waals surface area (Å²) in [7, 11) is 0. The molecule has 10 nitrogen and oxygen atoms in total. The summed E-state index contributed by atoms with van der Waals surface area (Å²) in [6.07, 6.45) is 2.24. The van der Waals surface area contributed by atoms with E-state index in [0.29, 0.717) is 42.4 Å². The number of fused-ring (bicyclic) bond motifs is 3. The van der Waals surface area contributed by atoms with E-state index >= 15 is 0 Å². The van der Waals surface area contributed by atoms with Gasteiger partial charge in [-0.3, -0.25) is 14.0 Å². The van der Waals surface area contributed by atoms with E-state index in [1.807, 2.05) is 13.8 Å². The van der Waals surface area contributed by atoms with Gasteiger partial charge in [0.2, 0.25) is 6.79 Å². The lowest BCUT2D eigenvalue weighted by Crippen LogP contribution is -2.30. The third kappa shape index (κ3) is 4.32. The van der Waals surface area contributed by atoms with Crippen molar-refractivity contribution in [2.45, 2.75) is 32.9 Å². The van der Waals surface area contributed by atoms with Crippen molar-refractivity contribution in [3.8, 4) is 17.6 Å². The van der Waals surface area contributed by atoms with E-state index in [1.165, 1.54) is 10.5 Å². The number of ether oxygens (including phenoxy) is 3. The quantitative estimate of drug-likeness (QED) is 0.304. The molecule has 5 rings (SSSR count). The molecule has 182 valence electrons. The second-order valence-electron chi connectivity index (χ2n) is 8.49. The van der Waals surface area contributed by atoms with Gasteiger partial charge in [-0.25, -0.2) is 4.98 Å². The average molecular weight is 486 g/mol. The van der Waals surface area contributed by atoms with Gasteiger partial charge in [0.05, 0.1) is 17.1 Å². The van der Waals surface area contributed by atoms with Crippen LogP contribution in [0.15, 0.2) is 58.4 Å². The van der Waals surface area contributed by atoms with E-state index in [-0.39, 0.29) is 40.5 Å². The second kappa shape index (κ2) is 9.64. The van der Waals surface area contributed by atoms with Crippen LogP contribution in [-0.2, 0) is 11.3 Å². The fraction of sp³-hybridized carbons (Fsp3) is 0.269. The lowest BCUT2D eigenvalue weighted by Gasteiger charge is -2.14. The van der Waals surface area contributed by atoms with Crippen LogP contribution in [0, 0.1) is 11.3 Å². The average Bonchev–Trinajstić information content (AvgIpc) is 3.35. The highest BCUT2D eigenvalue weighted by atomic mass is 16.7. The van der Waals surface area contributed by atoms with Crippen LogP contribution in [0.1, 0.15) is 36.2 Å². The van der Waals surface area contributed by atoms with Gasteiger partial charge >= 0.3 is 0 Å². The van der Waals surface area contributed by atoms with Gasteiger partial charge in [-0.05, 0) is 56.7 Å². The molecule has 3 aromatic heterocycles. The summed E-state index contributed by atoms with van der Waals surface area (Å²) in [6, 6.07) is 13.6. The molecule has 0 fully saturated rings. The zero-order chi connectivity index (χ0) is 25.2. The Bertz CT molecular complexity index is 1660. The Balaban J connectivity index is 1.71. The van der Waals surface area contributed by atoms with Crippen molar-refractivity contribution >= 4 is 22.6 Å². The Morgan fingerprint density at radius 2 is 2.06 bits per heavy atom. The fourth-order valence-corrected chi connectivity index (χ4v) is 4.02. The molecule has 10 heteroatoms. The maximum Gasteiger partial charge on any atom is 0.279 e. The molecule has 0 bridgehead atoms. The molecular formula is C26H23N5O5. The van der Waals surface area contributed by atoms with Crippen LogP contribution in [0.5, 0.6) is 11.5 Å². The summed E-state index contributed by atoms with van der Waals surface area (Å²) >= 11 is 0. The summed E-state index contributed by atoms with van der Waals surface area (Å²) in [5.41, 5.74) is 0.977. The van der Waals surface area contributed by atoms with Crippen molar-refractivity contribution in [3.05, 3.63) is 75.6 Å². The predicted octanol–water partition coefficient (Wildman–Crippen LogP) is 2.81. The first-order valence-corrected chi connectivity index (χ1v) is 11.5.